The van der Waals surface area contributed by atoms with Crippen LogP contribution < -0.4 is 10.6 Å². The second-order valence-electron chi connectivity index (χ2n) is 7.09. The van der Waals surface area contributed by atoms with Crippen LogP contribution in [-0.2, 0) is 0 Å². The maximum Gasteiger partial charge on any atom is 0.191 e. The number of halogens is 1. The van der Waals surface area contributed by atoms with Gasteiger partial charge in [0.25, 0.3) is 0 Å². The third kappa shape index (κ3) is 8.22. The van der Waals surface area contributed by atoms with E-state index in [1.165, 1.54) is 32.4 Å². The zero-order valence-electron chi connectivity index (χ0n) is 16.2. The van der Waals surface area contributed by atoms with Gasteiger partial charge in [-0.1, -0.05) is 43.7 Å². The molecule has 0 saturated carbocycles. The number of aliphatic imine (C=N–C) groups is 1. The second kappa shape index (κ2) is 13.3. The lowest BCUT2D eigenvalue weighted by Crippen LogP contribution is -2.43. The fourth-order valence-electron chi connectivity index (χ4n) is 3.37. The van der Waals surface area contributed by atoms with Crippen molar-refractivity contribution in [3.8, 4) is 0 Å². The Morgan fingerprint density at radius 3 is 2.38 bits per heavy atom. The monoisotopic (exact) mass is 474 g/mol. The second-order valence-corrected chi connectivity index (χ2v) is 7.09. The quantitative estimate of drug-likeness (QED) is 0.308. The molecule has 1 saturated heterocycles. The van der Waals surface area contributed by atoms with Gasteiger partial charge in [-0.05, 0) is 37.4 Å². The molecule has 0 amide bonds. The van der Waals surface area contributed by atoms with Crippen LogP contribution in [0.5, 0.6) is 0 Å². The Balaban J connectivity index is 0.00000338. The lowest BCUT2D eigenvalue weighted by molar-refractivity contribution is 0.201. The first-order valence-corrected chi connectivity index (χ1v) is 9.55. The van der Waals surface area contributed by atoms with E-state index < -0.39 is 0 Å². The number of aliphatic hydroxyl groups excluding tert-OH is 1. The average Bonchev–Trinajstić information content (AvgIpc) is 2.66. The van der Waals surface area contributed by atoms with E-state index in [2.05, 4.69) is 39.6 Å². The summed E-state index contributed by atoms with van der Waals surface area (Å²) < 4.78 is 0. The van der Waals surface area contributed by atoms with E-state index in [1.54, 1.807) is 7.05 Å². The Kier molecular flexibility index (Phi) is 11.9. The number of hydrogen-bond acceptors (Lipinski definition) is 3. The Labute approximate surface area is 175 Å². The zero-order valence-corrected chi connectivity index (χ0v) is 18.5. The molecule has 2 unspecified atom stereocenters. The average molecular weight is 474 g/mol. The molecule has 1 aromatic rings. The van der Waals surface area contributed by atoms with Crippen molar-refractivity contribution in [1.29, 1.82) is 0 Å². The molecule has 26 heavy (non-hydrogen) atoms. The fraction of sp³-hybridized carbons (Fsp3) is 0.650. The van der Waals surface area contributed by atoms with Crippen molar-refractivity contribution in [1.82, 2.24) is 15.5 Å². The van der Waals surface area contributed by atoms with Crippen LogP contribution in [0.2, 0.25) is 0 Å². The smallest absolute Gasteiger partial charge is 0.191 e. The van der Waals surface area contributed by atoms with Crippen molar-refractivity contribution < 1.29 is 5.11 Å². The molecule has 0 spiro atoms. The summed E-state index contributed by atoms with van der Waals surface area (Å²) in [6.45, 7) is 7.62. The Morgan fingerprint density at radius 1 is 1.12 bits per heavy atom. The molecule has 2 atom stereocenters. The molecule has 6 heteroatoms. The summed E-state index contributed by atoms with van der Waals surface area (Å²) in [4.78, 5) is 6.88. The van der Waals surface area contributed by atoms with E-state index >= 15 is 0 Å². The van der Waals surface area contributed by atoms with E-state index in [0.717, 1.165) is 24.6 Å². The van der Waals surface area contributed by atoms with Gasteiger partial charge >= 0.3 is 0 Å². The number of rotatable bonds is 8. The normalized spacial score (nSPS) is 17.9. The van der Waals surface area contributed by atoms with Gasteiger partial charge < -0.3 is 20.6 Å². The molecule has 1 aliphatic heterocycles. The highest BCUT2D eigenvalue weighted by Crippen LogP contribution is 2.13. The van der Waals surface area contributed by atoms with Crippen LogP contribution in [-0.4, -0.2) is 62.3 Å². The predicted octanol–water partition coefficient (Wildman–Crippen LogP) is 2.67. The molecule has 1 aliphatic rings. The minimum Gasteiger partial charge on any atom is -0.396 e. The summed E-state index contributed by atoms with van der Waals surface area (Å²) in [5, 5.41) is 16.4. The van der Waals surface area contributed by atoms with Gasteiger partial charge in [0.2, 0.25) is 0 Å². The topological polar surface area (TPSA) is 59.9 Å². The van der Waals surface area contributed by atoms with Gasteiger partial charge in [0.1, 0.15) is 0 Å². The van der Waals surface area contributed by atoms with Crippen LogP contribution in [0.25, 0.3) is 0 Å². The highest BCUT2D eigenvalue weighted by atomic mass is 127. The maximum absolute atomic E-state index is 9.66. The summed E-state index contributed by atoms with van der Waals surface area (Å²) >= 11 is 0. The van der Waals surface area contributed by atoms with E-state index in [0.29, 0.717) is 12.5 Å². The first kappa shape index (κ1) is 23.2. The standard InChI is InChI=1S/C20H34N4O.HI/c1-17(15-24-11-7-4-8-12-24)13-22-20(21-2)23-14-19(16-25)18-9-5-3-6-10-18;/h3,5-6,9-10,17,19,25H,4,7-8,11-16H2,1-2H3,(H2,21,22,23);1H. The molecule has 3 N–H and O–H groups in total. The van der Waals surface area contributed by atoms with Gasteiger partial charge in [-0.2, -0.15) is 0 Å². The largest absolute Gasteiger partial charge is 0.396 e. The summed E-state index contributed by atoms with van der Waals surface area (Å²) in [6.07, 6.45) is 4.06. The predicted molar refractivity (Wildman–Crippen MR) is 121 cm³/mol. The molecule has 0 aliphatic carbocycles. The van der Waals surface area contributed by atoms with E-state index in [9.17, 15) is 5.11 Å². The molecular weight excluding hydrogens is 439 g/mol. The van der Waals surface area contributed by atoms with Gasteiger partial charge in [-0.3, -0.25) is 4.99 Å². The highest BCUT2D eigenvalue weighted by molar-refractivity contribution is 14.0. The number of guanidine groups is 1. The lowest BCUT2D eigenvalue weighted by atomic mass is 10.0. The fourth-order valence-corrected chi connectivity index (χ4v) is 3.37. The summed E-state index contributed by atoms with van der Waals surface area (Å²) in [5.74, 6) is 1.46. The van der Waals surface area contributed by atoms with Crippen LogP contribution in [0.3, 0.4) is 0 Å². The van der Waals surface area contributed by atoms with Crippen LogP contribution in [0.4, 0.5) is 0 Å². The summed E-state index contributed by atoms with van der Waals surface area (Å²) in [5.41, 5.74) is 1.14. The van der Waals surface area contributed by atoms with E-state index in [-0.39, 0.29) is 36.5 Å². The molecule has 0 radical (unpaired) electrons. The highest BCUT2D eigenvalue weighted by Gasteiger charge is 2.14. The van der Waals surface area contributed by atoms with Crippen LogP contribution in [0, 0.1) is 5.92 Å². The molecule has 2 rings (SSSR count). The molecule has 1 aromatic carbocycles. The third-order valence-electron chi connectivity index (χ3n) is 4.87. The van der Waals surface area contributed by atoms with E-state index in [4.69, 9.17) is 0 Å². The van der Waals surface area contributed by atoms with Crippen LogP contribution >= 0.6 is 24.0 Å². The van der Waals surface area contributed by atoms with Gasteiger partial charge in [0, 0.05) is 32.6 Å². The molecule has 5 nitrogen and oxygen atoms in total. The number of likely N-dealkylation sites (tertiary alicyclic amines) is 1. The van der Waals surface area contributed by atoms with Crippen molar-refractivity contribution in [2.75, 3.05) is 46.4 Å². The van der Waals surface area contributed by atoms with Crippen molar-refractivity contribution in [3.05, 3.63) is 35.9 Å². The number of hydrogen-bond donors (Lipinski definition) is 3. The first-order valence-electron chi connectivity index (χ1n) is 9.55. The Morgan fingerprint density at radius 2 is 1.77 bits per heavy atom. The van der Waals surface area contributed by atoms with Crippen LogP contribution in [0.1, 0.15) is 37.7 Å². The number of benzene rings is 1. The number of nitrogens with one attached hydrogen (secondary N) is 2. The number of aliphatic hydroxyl groups is 1. The Bertz CT molecular complexity index is 506. The van der Waals surface area contributed by atoms with E-state index in [1.807, 2.05) is 18.2 Å². The summed E-state index contributed by atoms with van der Waals surface area (Å²) in [6, 6.07) is 10.1. The van der Waals surface area contributed by atoms with Gasteiger partial charge in [-0.25, -0.2) is 0 Å². The van der Waals surface area contributed by atoms with Crippen molar-refractivity contribution in [2.45, 2.75) is 32.1 Å². The van der Waals surface area contributed by atoms with Crippen molar-refractivity contribution in [2.24, 2.45) is 10.9 Å². The molecular formula is C20H35IN4O. The molecule has 1 heterocycles. The lowest BCUT2D eigenvalue weighted by Gasteiger charge is -2.29. The first-order chi connectivity index (χ1) is 12.2. The minimum atomic E-state index is 0. The zero-order chi connectivity index (χ0) is 17.9. The van der Waals surface area contributed by atoms with Crippen molar-refractivity contribution in [3.63, 3.8) is 0 Å². The van der Waals surface area contributed by atoms with Gasteiger partial charge in [0.15, 0.2) is 5.96 Å². The minimum absolute atomic E-state index is 0. The van der Waals surface area contributed by atoms with Gasteiger partial charge in [-0.15, -0.1) is 24.0 Å². The SMILES string of the molecule is CN=C(NCC(C)CN1CCCCC1)NCC(CO)c1ccccc1.I. The molecule has 0 bridgehead atoms. The number of nitrogens with zero attached hydrogens (tertiary/aromatic N) is 2. The molecule has 148 valence electrons. The maximum atomic E-state index is 9.66. The molecule has 1 fully saturated rings. The summed E-state index contributed by atoms with van der Waals surface area (Å²) in [7, 11) is 1.79. The van der Waals surface area contributed by atoms with Crippen molar-refractivity contribution >= 4 is 29.9 Å². The Hall–Kier alpha value is -0.860. The van der Waals surface area contributed by atoms with Crippen LogP contribution in [0.15, 0.2) is 35.3 Å². The third-order valence-corrected chi connectivity index (χ3v) is 4.87. The van der Waals surface area contributed by atoms with Gasteiger partial charge in [0.05, 0.1) is 6.61 Å². The number of piperidine rings is 1. The molecule has 0 aromatic heterocycles.